The van der Waals surface area contributed by atoms with Crippen molar-refractivity contribution in [2.75, 3.05) is 7.11 Å². The Kier molecular flexibility index (Phi) is 8.22. The standard InChI is InChI=1S/C20H25Cl2N5O4/c1-31-18(30)11-27-20(24-25-26-27)19(12-5-3-2-4-6-12)23-16(10-17(28)29)13-7-8-14(21)15(22)9-13/h7-9,12,16,19,23H,2-6,10-11H2,1H3,(H,28,29). The van der Waals surface area contributed by atoms with Crippen LogP contribution >= 0.6 is 23.2 Å². The molecule has 0 radical (unpaired) electrons. The number of hydrogen-bond donors (Lipinski definition) is 2. The molecule has 1 aliphatic rings. The Labute approximate surface area is 190 Å². The molecule has 3 rings (SSSR count). The quantitative estimate of drug-likeness (QED) is 0.534. The highest BCUT2D eigenvalue weighted by Crippen LogP contribution is 2.36. The smallest absolute Gasteiger partial charge is 0.327 e. The van der Waals surface area contributed by atoms with E-state index in [-0.39, 0.29) is 24.9 Å². The van der Waals surface area contributed by atoms with E-state index in [1.165, 1.54) is 11.8 Å². The molecule has 2 aromatic rings. The molecular formula is C20H25Cl2N5O4. The van der Waals surface area contributed by atoms with E-state index in [4.69, 9.17) is 27.9 Å². The molecule has 1 aromatic carbocycles. The number of carboxylic acid groups (broad SMARTS) is 1. The number of esters is 1. The molecule has 0 saturated heterocycles. The van der Waals surface area contributed by atoms with Crippen LogP contribution in [-0.2, 0) is 20.9 Å². The summed E-state index contributed by atoms with van der Waals surface area (Å²) in [6, 6.07) is 4.16. The van der Waals surface area contributed by atoms with E-state index in [9.17, 15) is 14.7 Å². The number of hydrogen-bond acceptors (Lipinski definition) is 7. The summed E-state index contributed by atoms with van der Waals surface area (Å²) in [5.74, 6) is -0.759. The van der Waals surface area contributed by atoms with Crippen LogP contribution in [0.2, 0.25) is 10.0 Å². The number of nitrogens with one attached hydrogen (secondary N) is 1. The monoisotopic (exact) mass is 469 g/mol. The molecule has 0 spiro atoms. The largest absolute Gasteiger partial charge is 0.481 e. The van der Waals surface area contributed by atoms with Gasteiger partial charge in [0.2, 0.25) is 0 Å². The Morgan fingerprint density at radius 3 is 2.65 bits per heavy atom. The van der Waals surface area contributed by atoms with Crippen molar-refractivity contribution >= 4 is 35.1 Å². The van der Waals surface area contributed by atoms with Gasteiger partial charge in [-0.2, -0.15) is 0 Å². The Balaban J connectivity index is 1.95. The third-order valence-corrected chi connectivity index (χ3v) is 6.31. The van der Waals surface area contributed by atoms with E-state index in [1.54, 1.807) is 18.2 Å². The first-order valence-electron chi connectivity index (χ1n) is 10.1. The highest BCUT2D eigenvalue weighted by atomic mass is 35.5. The first-order chi connectivity index (χ1) is 14.9. The zero-order valence-electron chi connectivity index (χ0n) is 17.1. The molecular weight excluding hydrogens is 445 g/mol. The van der Waals surface area contributed by atoms with Gasteiger partial charge in [-0.3, -0.25) is 14.9 Å². The van der Waals surface area contributed by atoms with E-state index >= 15 is 0 Å². The number of benzene rings is 1. The Hall–Kier alpha value is -2.23. The maximum absolute atomic E-state index is 11.8. The van der Waals surface area contributed by atoms with Crippen LogP contribution in [0.25, 0.3) is 0 Å². The molecule has 1 saturated carbocycles. The predicted molar refractivity (Wildman–Crippen MR) is 114 cm³/mol. The summed E-state index contributed by atoms with van der Waals surface area (Å²) >= 11 is 12.2. The second kappa shape index (κ2) is 10.9. The summed E-state index contributed by atoms with van der Waals surface area (Å²) < 4.78 is 6.16. The molecule has 11 heteroatoms. The summed E-state index contributed by atoms with van der Waals surface area (Å²) in [6.45, 7) is -0.125. The van der Waals surface area contributed by atoms with Crippen molar-refractivity contribution in [3.8, 4) is 0 Å². The first kappa shape index (κ1) is 23.4. The predicted octanol–water partition coefficient (Wildman–Crippen LogP) is 3.58. The number of carboxylic acids is 1. The van der Waals surface area contributed by atoms with Crippen LogP contribution < -0.4 is 5.32 Å². The van der Waals surface area contributed by atoms with Crippen LogP contribution in [0.1, 0.15) is 62.0 Å². The number of carbonyl (C=O) groups excluding carboxylic acids is 1. The first-order valence-corrected chi connectivity index (χ1v) is 10.9. The molecule has 0 aliphatic heterocycles. The molecule has 9 nitrogen and oxygen atoms in total. The molecule has 0 amide bonds. The van der Waals surface area contributed by atoms with Crippen LogP contribution in [0.4, 0.5) is 0 Å². The lowest BCUT2D eigenvalue weighted by atomic mass is 9.82. The summed E-state index contributed by atoms with van der Waals surface area (Å²) in [5.41, 5.74) is 0.699. The van der Waals surface area contributed by atoms with Gasteiger partial charge in [0.05, 0.1) is 29.6 Å². The molecule has 2 atom stereocenters. The zero-order chi connectivity index (χ0) is 22.4. The Bertz CT molecular complexity index is 917. The van der Waals surface area contributed by atoms with Crippen molar-refractivity contribution in [2.45, 2.75) is 57.2 Å². The normalized spacial score (nSPS) is 16.6. The van der Waals surface area contributed by atoms with Crippen LogP contribution in [0.5, 0.6) is 0 Å². The molecule has 168 valence electrons. The van der Waals surface area contributed by atoms with Crippen molar-refractivity contribution in [3.05, 3.63) is 39.6 Å². The summed E-state index contributed by atoms with van der Waals surface area (Å²) in [4.78, 5) is 23.4. The number of ether oxygens (including phenoxy) is 1. The van der Waals surface area contributed by atoms with Crippen LogP contribution in [0.3, 0.4) is 0 Å². The van der Waals surface area contributed by atoms with E-state index in [1.807, 2.05) is 0 Å². The number of nitrogens with zero attached hydrogens (tertiary/aromatic N) is 4. The average molecular weight is 470 g/mol. The lowest BCUT2D eigenvalue weighted by Crippen LogP contribution is -2.36. The number of aliphatic carboxylic acids is 1. The van der Waals surface area contributed by atoms with Gasteiger partial charge >= 0.3 is 11.9 Å². The van der Waals surface area contributed by atoms with E-state index in [0.717, 1.165) is 32.1 Å². The fourth-order valence-corrected chi connectivity index (χ4v) is 4.32. The number of methoxy groups -OCH3 is 1. The van der Waals surface area contributed by atoms with Gasteiger partial charge in [0.15, 0.2) is 5.82 Å². The van der Waals surface area contributed by atoms with Crippen molar-refractivity contribution in [2.24, 2.45) is 5.92 Å². The molecule has 2 unspecified atom stereocenters. The highest BCUT2D eigenvalue weighted by molar-refractivity contribution is 6.42. The van der Waals surface area contributed by atoms with Crippen molar-refractivity contribution in [1.29, 1.82) is 0 Å². The minimum Gasteiger partial charge on any atom is -0.481 e. The van der Waals surface area contributed by atoms with Gasteiger partial charge in [-0.15, -0.1) is 5.10 Å². The molecule has 31 heavy (non-hydrogen) atoms. The van der Waals surface area contributed by atoms with E-state index in [2.05, 4.69) is 20.8 Å². The molecule has 1 aliphatic carbocycles. The zero-order valence-corrected chi connectivity index (χ0v) is 18.6. The minimum absolute atomic E-state index is 0.125. The number of tetrazole rings is 1. The second-order valence-corrected chi connectivity index (χ2v) is 8.45. The molecule has 1 fully saturated rings. The third kappa shape index (κ3) is 6.15. The van der Waals surface area contributed by atoms with Crippen molar-refractivity contribution in [3.63, 3.8) is 0 Å². The van der Waals surface area contributed by atoms with E-state index in [0.29, 0.717) is 21.4 Å². The average Bonchev–Trinajstić information content (AvgIpc) is 3.21. The number of aromatic nitrogens is 4. The maximum Gasteiger partial charge on any atom is 0.327 e. The highest BCUT2D eigenvalue weighted by Gasteiger charge is 2.33. The van der Waals surface area contributed by atoms with Crippen molar-refractivity contribution < 1.29 is 19.4 Å². The number of carbonyl (C=O) groups is 2. The van der Waals surface area contributed by atoms with Gasteiger partial charge in [0, 0.05) is 6.04 Å². The lowest BCUT2D eigenvalue weighted by molar-refractivity contribution is -0.141. The summed E-state index contributed by atoms with van der Waals surface area (Å²) in [6.07, 6.45) is 5.02. The lowest BCUT2D eigenvalue weighted by Gasteiger charge is -2.33. The van der Waals surface area contributed by atoms with Crippen LogP contribution in [0, 0.1) is 5.92 Å². The Morgan fingerprint density at radius 1 is 1.26 bits per heavy atom. The topological polar surface area (TPSA) is 119 Å². The number of halogens is 2. The van der Waals surface area contributed by atoms with Crippen LogP contribution in [0.15, 0.2) is 18.2 Å². The van der Waals surface area contributed by atoms with Gasteiger partial charge in [0.1, 0.15) is 6.54 Å². The van der Waals surface area contributed by atoms with Gasteiger partial charge in [-0.1, -0.05) is 48.5 Å². The molecule has 1 heterocycles. The minimum atomic E-state index is -0.958. The second-order valence-electron chi connectivity index (χ2n) is 7.64. The van der Waals surface area contributed by atoms with E-state index < -0.39 is 18.0 Å². The van der Waals surface area contributed by atoms with Gasteiger partial charge in [0.25, 0.3) is 0 Å². The molecule has 1 aromatic heterocycles. The van der Waals surface area contributed by atoms with Gasteiger partial charge < -0.3 is 9.84 Å². The molecule has 0 bridgehead atoms. The summed E-state index contributed by atoms with van der Waals surface area (Å²) in [5, 5.41) is 25.6. The third-order valence-electron chi connectivity index (χ3n) is 5.57. The van der Waals surface area contributed by atoms with Gasteiger partial charge in [-0.25, -0.2) is 4.68 Å². The summed E-state index contributed by atoms with van der Waals surface area (Å²) in [7, 11) is 1.30. The van der Waals surface area contributed by atoms with Crippen LogP contribution in [-0.4, -0.2) is 44.4 Å². The SMILES string of the molecule is COC(=O)Cn1nnnc1C(NC(CC(=O)O)c1ccc(Cl)c(Cl)c1)C1CCCCC1. The van der Waals surface area contributed by atoms with Crippen molar-refractivity contribution in [1.82, 2.24) is 25.5 Å². The Morgan fingerprint density at radius 2 is 2.00 bits per heavy atom. The number of rotatable bonds is 9. The van der Waals surface area contributed by atoms with Gasteiger partial charge in [-0.05, 0) is 46.9 Å². The fraction of sp³-hybridized carbons (Fsp3) is 0.550. The molecule has 2 N–H and O–H groups in total. The maximum atomic E-state index is 11.8. The fourth-order valence-electron chi connectivity index (χ4n) is 4.02.